The van der Waals surface area contributed by atoms with E-state index in [2.05, 4.69) is 4.98 Å². The Morgan fingerprint density at radius 1 is 1.64 bits per heavy atom. The molecule has 0 bridgehead atoms. The van der Waals surface area contributed by atoms with Gasteiger partial charge in [0.05, 0.1) is 11.7 Å². The first-order valence-corrected chi connectivity index (χ1v) is 3.87. The zero-order valence-corrected chi connectivity index (χ0v) is 7.22. The third-order valence-electron chi connectivity index (χ3n) is 1.62. The lowest BCUT2D eigenvalue weighted by atomic mass is 10.3. The lowest BCUT2D eigenvalue weighted by Gasteiger charge is -1.95. The van der Waals surface area contributed by atoms with Crippen LogP contribution in [0.15, 0.2) is 4.42 Å². The molecule has 0 saturated carbocycles. The zero-order chi connectivity index (χ0) is 8.43. The van der Waals surface area contributed by atoms with Gasteiger partial charge >= 0.3 is 0 Å². The summed E-state index contributed by atoms with van der Waals surface area (Å²) in [6.07, 6.45) is 0.881. The summed E-state index contributed by atoms with van der Waals surface area (Å²) in [5.41, 5.74) is 6.55. The summed E-state index contributed by atoms with van der Waals surface area (Å²) in [5, 5.41) is 0. The van der Waals surface area contributed by atoms with Gasteiger partial charge < -0.3 is 10.2 Å². The highest BCUT2D eigenvalue weighted by Gasteiger charge is 2.10. The van der Waals surface area contributed by atoms with E-state index >= 15 is 0 Å². The molecule has 1 heterocycles. The van der Waals surface area contributed by atoms with Crippen LogP contribution >= 0.6 is 0 Å². The number of hydrogen-bond acceptors (Lipinski definition) is 3. The molecule has 62 valence electrons. The van der Waals surface area contributed by atoms with E-state index in [0.29, 0.717) is 5.89 Å². The minimum atomic E-state index is -0.103. The first-order chi connectivity index (χ1) is 5.15. The molecule has 0 amide bonds. The van der Waals surface area contributed by atoms with Gasteiger partial charge in [-0.1, -0.05) is 6.92 Å². The van der Waals surface area contributed by atoms with Crippen molar-refractivity contribution in [3.8, 4) is 0 Å². The Hall–Kier alpha value is -0.830. The highest BCUT2D eigenvalue weighted by Crippen LogP contribution is 2.14. The van der Waals surface area contributed by atoms with E-state index in [1.54, 1.807) is 0 Å². The molecule has 0 fully saturated rings. The van der Waals surface area contributed by atoms with Crippen LogP contribution in [0.4, 0.5) is 0 Å². The van der Waals surface area contributed by atoms with E-state index in [1.807, 2.05) is 20.8 Å². The molecular formula is C8H14N2O. The highest BCUT2D eigenvalue weighted by atomic mass is 16.4. The summed E-state index contributed by atoms with van der Waals surface area (Å²) in [7, 11) is 0. The Labute approximate surface area is 66.6 Å². The minimum absolute atomic E-state index is 0.103. The molecule has 1 aromatic heterocycles. The molecule has 1 rings (SSSR count). The van der Waals surface area contributed by atoms with Crippen molar-refractivity contribution in [2.24, 2.45) is 5.73 Å². The maximum atomic E-state index is 5.59. The number of hydrogen-bond donors (Lipinski definition) is 1. The second-order valence-electron chi connectivity index (χ2n) is 2.70. The molecule has 1 atom stereocenters. The van der Waals surface area contributed by atoms with Gasteiger partial charge in [-0.05, 0) is 13.8 Å². The maximum Gasteiger partial charge on any atom is 0.211 e. The smallest absolute Gasteiger partial charge is 0.211 e. The van der Waals surface area contributed by atoms with Crippen molar-refractivity contribution >= 4 is 0 Å². The summed E-state index contributed by atoms with van der Waals surface area (Å²) >= 11 is 0. The summed E-state index contributed by atoms with van der Waals surface area (Å²) < 4.78 is 5.39. The van der Waals surface area contributed by atoms with Crippen molar-refractivity contribution in [2.45, 2.75) is 33.2 Å². The van der Waals surface area contributed by atoms with Crippen LogP contribution in [0.25, 0.3) is 0 Å². The second kappa shape index (κ2) is 3.05. The third kappa shape index (κ3) is 1.60. The van der Waals surface area contributed by atoms with Crippen LogP contribution in [0.1, 0.15) is 37.2 Å². The predicted octanol–water partition coefficient (Wildman–Crippen LogP) is 1.57. The van der Waals surface area contributed by atoms with E-state index in [9.17, 15) is 0 Å². The van der Waals surface area contributed by atoms with Crippen LogP contribution in [0.3, 0.4) is 0 Å². The Bertz CT molecular complexity index is 240. The van der Waals surface area contributed by atoms with Crippen molar-refractivity contribution in [1.29, 1.82) is 0 Å². The monoisotopic (exact) mass is 154 g/mol. The molecule has 1 aromatic rings. The van der Waals surface area contributed by atoms with E-state index in [4.69, 9.17) is 10.2 Å². The van der Waals surface area contributed by atoms with Crippen LogP contribution in [-0.2, 0) is 6.42 Å². The SMILES string of the molecule is CCc1oc([C@H](C)N)nc1C. The summed E-state index contributed by atoms with van der Waals surface area (Å²) in [4.78, 5) is 4.19. The molecular weight excluding hydrogens is 140 g/mol. The number of nitrogens with two attached hydrogens (primary N) is 1. The number of aromatic nitrogens is 1. The van der Waals surface area contributed by atoms with Crippen LogP contribution in [0, 0.1) is 6.92 Å². The second-order valence-corrected chi connectivity index (χ2v) is 2.70. The lowest BCUT2D eigenvalue weighted by Crippen LogP contribution is -2.04. The zero-order valence-electron chi connectivity index (χ0n) is 7.22. The van der Waals surface area contributed by atoms with Crippen LogP contribution in [0.5, 0.6) is 0 Å². The lowest BCUT2D eigenvalue weighted by molar-refractivity contribution is 0.433. The summed E-state index contributed by atoms with van der Waals surface area (Å²) in [5.74, 6) is 1.58. The van der Waals surface area contributed by atoms with Gasteiger partial charge in [-0.3, -0.25) is 0 Å². The Balaban J connectivity index is 2.95. The van der Waals surface area contributed by atoms with Crippen molar-refractivity contribution in [1.82, 2.24) is 4.98 Å². The Kier molecular flexibility index (Phi) is 2.29. The first kappa shape index (κ1) is 8.27. The molecule has 3 nitrogen and oxygen atoms in total. The van der Waals surface area contributed by atoms with Crippen molar-refractivity contribution < 1.29 is 4.42 Å². The molecule has 3 heteroatoms. The normalized spacial score (nSPS) is 13.5. The van der Waals surface area contributed by atoms with E-state index in [1.165, 1.54) is 0 Å². The number of aryl methyl sites for hydroxylation is 2. The molecule has 0 aliphatic heterocycles. The number of oxazole rings is 1. The fourth-order valence-corrected chi connectivity index (χ4v) is 0.973. The summed E-state index contributed by atoms with van der Waals surface area (Å²) in [6.45, 7) is 5.84. The summed E-state index contributed by atoms with van der Waals surface area (Å²) in [6, 6.07) is -0.103. The fourth-order valence-electron chi connectivity index (χ4n) is 0.973. The Morgan fingerprint density at radius 3 is 2.55 bits per heavy atom. The quantitative estimate of drug-likeness (QED) is 0.703. The average molecular weight is 154 g/mol. The first-order valence-electron chi connectivity index (χ1n) is 3.87. The molecule has 0 aromatic carbocycles. The maximum absolute atomic E-state index is 5.59. The van der Waals surface area contributed by atoms with E-state index in [0.717, 1.165) is 17.9 Å². The van der Waals surface area contributed by atoms with Gasteiger partial charge in [-0.25, -0.2) is 4.98 Å². The fraction of sp³-hybridized carbons (Fsp3) is 0.625. The van der Waals surface area contributed by atoms with Gasteiger partial charge in [-0.2, -0.15) is 0 Å². The van der Waals surface area contributed by atoms with Gasteiger partial charge in [-0.15, -0.1) is 0 Å². The van der Waals surface area contributed by atoms with Crippen molar-refractivity contribution in [3.63, 3.8) is 0 Å². The van der Waals surface area contributed by atoms with Crippen LogP contribution in [-0.4, -0.2) is 4.98 Å². The molecule has 0 saturated heterocycles. The molecule has 0 spiro atoms. The minimum Gasteiger partial charge on any atom is -0.444 e. The molecule has 0 unspecified atom stereocenters. The topological polar surface area (TPSA) is 52.0 Å². The van der Waals surface area contributed by atoms with E-state index in [-0.39, 0.29) is 6.04 Å². The molecule has 2 N–H and O–H groups in total. The predicted molar refractivity (Wildman–Crippen MR) is 43.2 cm³/mol. The molecule has 11 heavy (non-hydrogen) atoms. The Morgan fingerprint density at radius 2 is 2.27 bits per heavy atom. The van der Waals surface area contributed by atoms with Crippen LogP contribution < -0.4 is 5.73 Å². The molecule has 0 aliphatic rings. The van der Waals surface area contributed by atoms with Gasteiger partial charge in [0, 0.05) is 6.42 Å². The van der Waals surface area contributed by atoms with E-state index < -0.39 is 0 Å². The largest absolute Gasteiger partial charge is 0.444 e. The third-order valence-corrected chi connectivity index (χ3v) is 1.62. The standard InChI is InChI=1S/C8H14N2O/c1-4-7-6(3)10-8(11-7)5(2)9/h5H,4,9H2,1-3H3/t5-/m0/s1. The molecule has 0 radical (unpaired) electrons. The van der Waals surface area contributed by atoms with Gasteiger partial charge in [0.25, 0.3) is 0 Å². The van der Waals surface area contributed by atoms with Gasteiger partial charge in [0.15, 0.2) is 0 Å². The van der Waals surface area contributed by atoms with Crippen LogP contribution in [0.2, 0.25) is 0 Å². The van der Waals surface area contributed by atoms with Crippen molar-refractivity contribution in [3.05, 3.63) is 17.3 Å². The van der Waals surface area contributed by atoms with Gasteiger partial charge in [0.2, 0.25) is 5.89 Å². The number of nitrogens with zero attached hydrogens (tertiary/aromatic N) is 1. The molecule has 0 aliphatic carbocycles. The average Bonchev–Trinajstić information content (AvgIpc) is 2.31. The van der Waals surface area contributed by atoms with Crippen molar-refractivity contribution in [2.75, 3.05) is 0 Å². The highest BCUT2D eigenvalue weighted by molar-refractivity contribution is 5.08. The van der Waals surface area contributed by atoms with Gasteiger partial charge in [0.1, 0.15) is 5.76 Å². The number of rotatable bonds is 2.